The Labute approximate surface area is 90.3 Å². The van der Waals surface area contributed by atoms with E-state index in [1.165, 1.54) is 5.56 Å². The van der Waals surface area contributed by atoms with Crippen molar-refractivity contribution in [2.45, 2.75) is 25.0 Å². The first-order valence-electron chi connectivity index (χ1n) is 5.03. The van der Waals surface area contributed by atoms with Crippen molar-refractivity contribution < 1.29 is 0 Å². The van der Waals surface area contributed by atoms with Crippen molar-refractivity contribution in [1.29, 1.82) is 0 Å². The second-order valence-electron chi connectivity index (χ2n) is 3.37. The van der Waals surface area contributed by atoms with Gasteiger partial charge in [-0.05, 0) is 36.8 Å². The molecule has 1 rings (SSSR count). The summed E-state index contributed by atoms with van der Waals surface area (Å²) in [6, 6.07) is 4.12. The molecule has 0 saturated carbocycles. The van der Waals surface area contributed by atoms with E-state index in [4.69, 9.17) is 5.73 Å². The van der Waals surface area contributed by atoms with Crippen molar-refractivity contribution in [2.75, 3.05) is 12.3 Å². The highest BCUT2D eigenvalue weighted by atomic mass is 32.2. The zero-order valence-corrected chi connectivity index (χ0v) is 9.46. The number of hydrogen-bond acceptors (Lipinski definition) is 3. The molecule has 0 spiro atoms. The van der Waals surface area contributed by atoms with Crippen molar-refractivity contribution in [3.8, 4) is 0 Å². The van der Waals surface area contributed by atoms with Crippen LogP contribution < -0.4 is 5.73 Å². The number of aryl methyl sites for hydroxylation is 1. The Bertz CT molecular complexity index is 238. The van der Waals surface area contributed by atoms with E-state index >= 15 is 0 Å². The van der Waals surface area contributed by atoms with Crippen LogP contribution in [0.5, 0.6) is 0 Å². The predicted molar refractivity (Wildman–Crippen MR) is 63.5 cm³/mol. The average Bonchev–Trinajstić information content (AvgIpc) is 2.20. The summed E-state index contributed by atoms with van der Waals surface area (Å²) in [5.74, 6) is 1.16. The van der Waals surface area contributed by atoms with Crippen LogP contribution in [0.25, 0.3) is 0 Å². The van der Waals surface area contributed by atoms with Crippen molar-refractivity contribution in [2.24, 2.45) is 5.73 Å². The molecule has 0 amide bonds. The Morgan fingerprint density at radius 1 is 1.57 bits per heavy atom. The number of rotatable bonds is 6. The Morgan fingerprint density at radius 2 is 2.43 bits per heavy atom. The molecule has 0 aliphatic heterocycles. The number of hydrogen-bond donors (Lipinski definition) is 1. The van der Waals surface area contributed by atoms with Gasteiger partial charge in [0.25, 0.3) is 0 Å². The molecule has 0 fully saturated rings. The average molecular weight is 210 g/mol. The Balaban J connectivity index is 2.16. The summed E-state index contributed by atoms with van der Waals surface area (Å²) in [6.45, 7) is 3.03. The van der Waals surface area contributed by atoms with Gasteiger partial charge in [-0.15, -0.1) is 0 Å². The minimum absolute atomic E-state index is 0.677. The molecule has 1 heterocycles. The van der Waals surface area contributed by atoms with Gasteiger partial charge in [0.15, 0.2) is 0 Å². The summed E-state index contributed by atoms with van der Waals surface area (Å²) in [5.41, 5.74) is 6.81. The van der Waals surface area contributed by atoms with Crippen molar-refractivity contribution in [3.63, 3.8) is 0 Å². The minimum atomic E-state index is 0.677. The van der Waals surface area contributed by atoms with Gasteiger partial charge in [-0.3, -0.25) is 4.98 Å². The summed E-state index contributed by atoms with van der Waals surface area (Å²) < 4.78 is 0. The Kier molecular flexibility index (Phi) is 5.64. The van der Waals surface area contributed by atoms with Gasteiger partial charge in [0.05, 0.1) is 0 Å². The van der Waals surface area contributed by atoms with Crippen LogP contribution in [0.15, 0.2) is 24.5 Å². The number of nitrogens with zero attached hydrogens (tertiary/aromatic N) is 1. The van der Waals surface area contributed by atoms with Gasteiger partial charge in [0.1, 0.15) is 0 Å². The lowest BCUT2D eigenvalue weighted by atomic mass is 10.2. The van der Waals surface area contributed by atoms with Crippen LogP contribution in [0, 0.1) is 0 Å². The largest absolute Gasteiger partial charge is 0.330 e. The lowest BCUT2D eigenvalue weighted by Gasteiger charge is -2.08. The van der Waals surface area contributed by atoms with E-state index in [2.05, 4.69) is 18.0 Å². The number of aromatic nitrogens is 1. The van der Waals surface area contributed by atoms with E-state index in [-0.39, 0.29) is 0 Å². The SMILES string of the molecule is CC(CCN)SCCc1cccnc1. The van der Waals surface area contributed by atoms with E-state index < -0.39 is 0 Å². The molecule has 0 aliphatic carbocycles. The fourth-order valence-corrected chi connectivity index (χ4v) is 2.30. The van der Waals surface area contributed by atoms with Crippen LogP contribution in [0.4, 0.5) is 0 Å². The van der Waals surface area contributed by atoms with E-state index in [9.17, 15) is 0 Å². The normalized spacial score (nSPS) is 12.7. The fourth-order valence-electron chi connectivity index (χ4n) is 1.24. The molecule has 3 heteroatoms. The first-order valence-corrected chi connectivity index (χ1v) is 6.08. The summed E-state index contributed by atoms with van der Waals surface area (Å²) in [6.07, 6.45) is 5.97. The molecule has 0 radical (unpaired) electrons. The van der Waals surface area contributed by atoms with Gasteiger partial charge in [-0.25, -0.2) is 0 Å². The molecular formula is C11H18N2S. The van der Waals surface area contributed by atoms with E-state index in [1.54, 1.807) is 0 Å². The smallest absolute Gasteiger partial charge is 0.0300 e. The zero-order valence-electron chi connectivity index (χ0n) is 8.65. The summed E-state index contributed by atoms with van der Waals surface area (Å²) >= 11 is 1.99. The number of thioether (sulfide) groups is 1. The van der Waals surface area contributed by atoms with Gasteiger partial charge in [-0.1, -0.05) is 13.0 Å². The van der Waals surface area contributed by atoms with Crippen LogP contribution >= 0.6 is 11.8 Å². The molecule has 0 saturated heterocycles. The van der Waals surface area contributed by atoms with Crippen LogP contribution in [0.3, 0.4) is 0 Å². The second-order valence-corrected chi connectivity index (χ2v) is 4.92. The van der Waals surface area contributed by atoms with Crippen molar-refractivity contribution >= 4 is 11.8 Å². The first-order chi connectivity index (χ1) is 6.83. The van der Waals surface area contributed by atoms with Gasteiger partial charge in [0, 0.05) is 17.6 Å². The van der Waals surface area contributed by atoms with Crippen LogP contribution in [-0.2, 0) is 6.42 Å². The third-order valence-electron chi connectivity index (χ3n) is 2.09. The molecule has 1 aromatic rings. The van der Waals surface area contributed by atoms with Crippen LogP contribution in [-0.4, -0.2) is 22.5 Å². The maximum atomic E-state index is 5.49. The van der Waals surface area contributed by atoms with Crippen molar-refractivity contribution in [3.05, 3.63) is 30.1 Å². The molecule has 14 heavy (non-hydrogen) atoms. The van der Waals surface area contributed by atoms with Gasteiger partial charge < -0.3 is 5.73 Å². The number of nitrogens with two attached hydrogens (primary N) is 1. The van der Waals surface area contributed by atoms with Gasteiger partial charge in [-0.2, -0.15) is 11.8 Å². The zero-order chi connectivity index (χ0) is 10.2. The maximum absolute atomic E-state index is 5.49. The summed E-state index contributed by atoms with van der Waals surface area (Å²) in [7, 11) is 0. The molecule has 2 N–H and O–H groups in total. The topological polar surface area (TPSA) is 38.9 Å². The van der Waals surface area contributed by atoms with Gasteiger partial charge >= 0.3 is 0 Å². The molecule has 1 unspecified atom stereocenters. The quantitative estimate of drug-likeness (QED) is 0.781. The summed E-state index contributed by atoms with van der Waals surface area (Å²) in [4.78, 5) is 4.09. The first kappa shape index (κ1) is 11.5. The fraction of sp³-hybridized carbons (Fsp3) is 0.545. The molecule has 2 nitrogen and oxygen atoms in total. The molecule has 1 atom stereocenters. The lowest BCUT2D eigenvalue weighted by molar-refractivity contribution is 0.822. The van der Waals surface area contributed by atoms with E-state index in [1.807, 2.05) is 30.2 Å². The number of pyridine rings is 1. The molecule has 1 aromatic heterocycles. The highest BCUT2D eigenvalue weighted by Crippen LogP contribution is 2.14. The molecule has 0 bridgehead atoms. The Hall–Kier alpha value is -0.540. The highest BCUT2D eigenvalue weighted by Gasteiger charge is 2.00. The van der Waals surface area contributed by atoms with E-state index in [0.717, 1.165) is 25.1 Å². The molecular weight excluding hydrogens is 192 g/mol. The predicted octanol–water partition coefficient (Wildman–Crippen LogP) is 2.09. The third-order valence-corrected chi connectivity index (χ3v) is 3.33. The lowest BCUT2D eigenvalue weighted by Crippen LogP contribution is -2.08. The maximum Gasteiger partial charge on any atom is 0.0300 e. The van der Waals surface area contributed by atoms with Crippen LogP contribution in [0.2, 0.25) is 0 Å². The molecule has 78 valence electrons. The highest BCUT2D eigenvalue weighted by molar-refractivity contribution is 7.99. The molecule has 0 aliphatic rings. The van der Waals surface area contributed by atoms with Crippen LogP contribution in [0.1, 0.15) is 18.9 Å². The van der Waals surface area contributed by atoms with Crippen molar-refractivity contribution in [1.82, 2.24) is 4.98 Å². The monoisotopic (exact) mass is 210 g/mol. The summed E-state index contributed by atoms with van der Waals surface area (Å²) in [5, 5.41) is 0.677. The molecule has 0 aromatic carbocycles. The van der Waals surface area contributed by atoms with E-state index in [0.29, 0.717) is 5.25 Å². The third kappa shape index (κ3) is 4.63. The standard InChI is InChI=1S/C11H18N2S/c1-10(4-6-12)14-8-5-11-3-2-7-13-9-11/h2-3,7,9-10H,4-6,8,12H2,1H3. The minimum Gasteiger partial charge on any atom is -0.330 e. The Morgan fingerprint density at radius 3 is 3.07 bits per heavy atom. The second kappa shape index (κ2) is 6.85. The van der Waals surface area contributed by atoms with Gasteiger partial charge in [0.2, 0.25) is 0 Å².